The van der Waals surface area contributed by atoms with Crippen LogP contribution in [0.15, 0.2) is 64.8 Å². The monoisotopic (exact) mass is 459 g/mol. The molecule has 1 atom stereocenters. The molecule has 1 saturated heterocycles. The molecule has 2 aliphatic rings. The van der Waals surface area contributed by atoms with Gasteiger partial charge in [0, 0.05) is 24.2 Å². The van der Waals surface area contributed by atoms with Crippen LogP contribution in [0.1, 0.15) is 49.2 Å². The van der Waals surface area contributed by atoms with E-state index in [0.29, 0.717) is 30.8 Å². The lowest BCUT2D eigenvalue weighted by atomic mass is 9.62. The zero-order valence-corrected chi connectivity index (χ0v) is 19.2. The zero-order chi connectivity index (χ0) is 23.7. The van der Waals surface area contributed by atoms with Crippen molar-refractivity contribution in [1.82, 2.24) is 19.9 Å². The van der Waals surface area contributed by atoms with Gasteiger partial charge in [0.2, 0.25) is 0 Å². The van der Waals surface area contributed by atoms with E-state index >= 15 is 0 Å². The highest BCUT2D eigenvalue weighted by molar-refractivity contribution is 6.09. The number of aromatic nitrogens is 4. The predicted molar refractivity (Wildman–Crippen MR) is 130 cm³/mol. The van der Waals surface area contributed by atoms with Crippen LogP contribution in [-0.4, -0.2) is 39.3 Å². The van der Waals surface area contributed by atoms with Crippen molar-refractivity contribution >= 4 is 11.8 Å². The van der Waals surface area contributed by atoms with E-state index in [2.05, 4.69) is 40.9 Å². The minimum atomic E-state index is -0.372. The quantitative estimate of drug-likeness (QED) is 0.494. The van der Waals surface area contributed by atoms with E-state index in [1.807, 2.05) is 23.0 Å². The Kier molecular flexibility index (Phi) is 5.79. The zero-order valence-electron chi connectivity index (χ0n) is 19.2. The first kappa shape index (κ1) is 22.1. The molecule has 0 radical (unpaired) electrons. The van der Waals surface area contributed by atoms with Crippen LogP contribution < -0.4 is 11.5 Å². The van der Waals surface area contributed by atoms with E-state index in [9.17, 15) is 0 Å². The van der Waals surface area contributed by atoms with E-state index in [4.69, 9.17) is 25.7 Å². The van der Waals surface area contributed by atoms with Crippen molar-refractivity contribution in [1.29, 1.82) is 0 Å². The smallest absolute Gasteiger partial charge is 0.261 e. The summed E-state index contributed by atoms with van der Waals surface area (Å²) in [7, 11) is 0. The van der Waals surface area contributed by atoms with Gasteiger partial charge in [-0.05, 0) is 36.8 Å². The highest BCUT2D eigenvalue weighted by Crippen LogP contribution is 2.47. The molecular formula is C25H29N7O2. The number of rotatable bonds is 8. The molecule has 1 aromatic carbocycles. The topological polar surface area (TPSA) is 130 Å². The molecule has 1 aliphatic heterocycles. The highest BCUT2D eigenvalue weighted by Gasteiger charge is 2.44. The van der Waals surface area contributed by atoms with Crippen LogP contribution in [0.3, 0.4) is 0 Å². The number of nitrogens with zero attached hydrogens (tertiary/aromatic N) is 5. The Morgan fingerprint density at radius 3 is 2.62 bits per heavy atom. The lowest BCUT2D eigenvalue weighted by Gasteiger charge is -2.41. The summed E-state index contributed by atoms with van der Waals surface area (Å²) in [6.07, 6.45) is 10.3. The van der Waals surface area contributed by atoms with Crippen molar-refractivity contribution in [3.63, 3.8) is 0 Å². The van der Waals surface area contributed by atoms with Gasteiger partial charge in [0.05, 0.1) is 36.4 Å². The molecule has 3 aromatic rings. The van der Waals surface area contributed by atoms with Crippen LogP contribution in [-0.2, 0) is 10.2 Å². The maximum absolute atomic E-state index is 5.81. The van der Waals surface area contributed by atoms with Crippen molar-refractivity contribution in [3.8, 4) is 11.5 Å². The van der Waals surface area contributed by atoms with E-state index in [1.165, 1.54) is 12.6 Å². The molecule has 176 valence electrons. The second-order valence-electron chi connectivity index (χ2n) is 9.10. The lowest BCUT2D eigenvalue weighted by molar-refractivity contribution is -0.0286. The highest BCUT2D eigenvalue weighted by atomic mass is 16.5. The standard InChI is InChI=1S/C25H29N7O2/c1-16(27)28-11-18(10-26)17-6-8-21(9-7-17)25(2,20-4-3-5-20)24-30-23(34-31-24)19-12-29-32(13-19)22-14-33-15-22/h6-13,20,22H,1,3-5,14-15,26-27H2,2H3/b18-10+,28-11-/t25-/m1/s1. The van der Waals surface area contributed by atoms with Crippen LogP contribution in [0.5, 0.6) is 0 Å². The van der Waals surface area contributed by atoms with Gasteiger partial charge in [-0.1, -0.05) is 42.4 Å². The molecule has 1 aliphatic carbocycles. The number of hydrogen-bond acceptors (Lipinski definition) is 8. The van der Waals surface area contributed by atoms with Gasteiger partial charge in [-0.15, -0.1) is 0 Å². The Morgan fingerprint density at radius 1 is 1.26 bits per heavy atom. The summed E-state index contributed by atoms with van der Waals surface area (Å²) in [5.41, 5.74) is 14.6. The van der Waals surface area contributed by atoms with E-state index < -0.39 is 0 Å². The van der Waals surface area contributed by atoms with Gasteiger partial charge in [0.15, 0.2) is 5.82 Å². The lowest BCUT2D eigenvalue weighted by Crippen LogP contribution is -2.38. The Bertz CT molecular complexity index is 1230. The first-order valence-electron chi connectivity index (χ1n) is 11.5. The Labute approximate surface area is 198 Å². The summed E-state index contributed by atoms with van der Waals surface area (Å²) < 4.78 is 12.9. The van der Waals surface area contributed by atoms with Gasteiger partial charge >= 0.3 is 0 Å². The average Bonchev–Trinajstić information content (AvgIpc) is 3.42. The first-order valence-corrected chi connectivity index (χ1v) is 11.5. The average molecular weight is 460 g/mol. The van der Waals surface area contributed by atoms with Gasteiger partial charge in [-0.25, -0.2) is 4.99 Å². The molecule has 2 fully saturated rings. The number of nitrogens with two attached hydrogens (primary N) is 2. The van der Waals surface area contributed by atoms with Gasteiger partial charge in [-0.3, -0.25) is 4.68 Å². The third-order valence-electron chi connectivity index (χ3n) is 7.02. The summed E-state index contributed by atoms with van der Waals surface area (Å²) in [4.78, 5) is 8.89. The number of aliphatic imine (C=N–C) groups is 1. The SMILES string of the molecule is C=C(N)/N=C\C(=C/N)c1ccc([C@](C)(c2noc(-c3cnn(C4COC4)c3)n2)C2CCC2)cc1. The van der Waals surface area contributed by atoms with Crippen molar-refractivity contribution in [2.75, 3.05) is 13.2 Å². The molecule has 0 amide bonds. The molecule has 0 unspecified atom stereocenters. The molecule has 3 heterocycles. The maximum atomic E-state index is 5.81. The Morgan fingerprint density at radius 2 is 2.03 bits per heavy atom. The molecule has 2 aromatic heterocycles. The maximum Gasteiger partial charge on any atom is 0.261 e. The van der Waals surface area contributed by atoms with Gasteiger partial charge in [0.25, 0.3) is 5.89 Å². The van der Waals surface area contributed by atoms with Crippen LogP contribution in [0, 0.1) is 5.92 Å². The van der Waals surface area contributed by atoms with Crippen LogP contribution >= 0.6 is 0 Å². The molecule has 4 N–H and O–H groups in total. The second kappa shape index (κ2) is 8.90. The first-order chi connectivity index (χ1) is 16.5. The summed E-state index contributed by atoms with van der Waals surface area (Å²) in [6, 6.07) is 8.54. The summed E-state index contributed by atoms with van der Waals surface area (Å²) >= 11 is 0. The van der Waals surface area contributed by atoms with E-state index in [0.717, 1.165) is 35.1 Å². The number of benzene rings is 1. The largest absolute Gasteiger partial charge is 0.404 e. The third kappa shape index (κ3) is 3.92. The fourth-order valence-electron chi connectivity index (χ4n) is 4.48. The summed E-state index contributed by atoms with van der Waals surface area (Å²) in [5.74, 6) is 1.84. The van der Waals surface area contributed by atoms with Crippen LogP contribution in [0.4, 0.5) is 0 Å². The number of ether oxygens (including phenoxy) is 1. The Hall–Kier alpha value is -3.72. The third-order valence-corrected chi connectivity index (χ3v) is 7.02. The number of allylic oxidation sites excluding steroid dienone is 1. The molecular weight excluding hydrogens is 430 g/mol. The molecule has 0 bridgehead atoms. The molecule has 34 heavy (non-hydrogen) atoms. The Balaban J connectivity index is 1.44. The van der Waals surface area contributed by atoms with Crippen molar-refractivity contribution in [2.24, 2.45) is 22.4 Å². The molecule has 0 spiro atoms. The second-order valence-corrected chi connectivity index (χ2v) is 9.10. The van der Waals surface area contributed by atoms with Crippen LogP contribution in [0.25, 0.3) is 17.0 Å². The molecule has 1 saturated carbocycles. The van der Waals surface area contributed by atoms with Gasteiger partial charge in [-0.2, -0.15) is 10.1 Å². The van der Waals surface area contributed by atoms with Crippen LogP contribution in [0.2, 0.25) is 0 Å². The minimum absolute atomic E-state index is 0.230. The van der Waals surface area contributed by atoms with E-state index in [-0.39, 0.29) is 17.3 Å². The normalized spacial score (nSPS) is 19.0. The molecule has 9 nitrogen and oxygen atoms in total. The number of hydrogen-bond donors (Lipinski definition) is 2. The van der Waals surface area contributed by atoms with Gasteiger partial charge in [0.1, 0.15) is 5.82 Å². The van der Waals surface area contributed by atoms with Crippen molar-refractivity contribution in [2.45, 2.75) is 37.6 Å². The fraction of sp³-hybridized carbons (Fsp3) is 0.360. The van der Waals surface area contributed by atoms with E-state index in [1.54, 1.807) is 12.4 Å². The van der Waals surface area contributed by atoms with Crippen molar-refractivity contribution < 1.29 is 9.26 Å². The summed E-state index contributed by atoms with van der Waals surface area (Å²) in [6.45, 7) is 7.15. The summed E-state index contributed by atoms with van der Waals surface area (Å²) in [5, 5.41) is 8.87. The fourth-order valence-corrected chi connectivity index (χ4v) is 4.48. The molecule has 9 heteroatoms. The van der Waals surface area contributed by atoms with Gasteiger partial charge < -0.3 is 20.7 Å². The van der Waals surface area contributed by atoms with Crippen molar-refractivity contribution in [3.05, 3.63) is 72.2 Å². The predicted octanol–water partition coefficient (Wildman–Crippen LogP) is 3.41. The minimum Gasteiger partial charge on any atom is -0.404 e. The molecule has 5 rings (SSSR count).